The second-order valence-corrected chi connectivity index (χ2v) is 5.29. The molecular weight excluding hydrogens is 280 g/mol. The van der Waals surface area contributed by atoms with Crippen LogP contribution in [0.2, 0.25) is 5.02 Å². The molecule has 4 nitrogen and oxygen atoms in total. The molecule has 0 amide bonds. The molecule has 0 radical (unpaired) electrons. The molecule has 19 heavy (non-hydrogen) atoms. The van der Waals surface area contributed by atoms with Crippen LogP contribution in [0.3, 0.4) is 0 Å². The van der Waals surface area contributed by atoms with Gasteiger partial charge in [0, 0.05) is 17.1 Å². The van der Waals surface area contributed by atoms with Crippen LogP contribution in [0.4, 0.5) is 0 Å². The van der Waals surface area contributed by atoms with Crippen LogP contribution in [-0.2, 0) is 6.54 Å². The zero-order valence-electron chi connectivity index (χ0n) is 10.5. The van der Waals surface area contributed by atoms with Crippen LogP contribution in [0.15, 0.2) is 29.4 Å². The van der Waals surface area contributed by atoms with Gasteiger partial charge in [0.1, 0.15) is 0 Å². The third kappa shape index (κ3) is 3.28. The topological polar surface area (TPSA) is 54.5 Å². The van der Waals surface area contributed by atoms with Crippen LogP contribution in [0, 0.1) is 11.3 Å². The molecule has 2 rings (SSSR count). The van der Waals surface area contributed by atoms with Crippen molar-refractivity contribution < 1.29 is 0 Å². The number of hydrogen-bond acceptors (Lipinski definition) is 4. The Morgan fingerprint density at radius 1 is 1.32 bits per heavy atom. The van der Waals surface area contributed by atoms with Crippen LogP contribution < -0.4 is 0 Å². The lowest BCUT2D eigenvalue weighted by molar-refractivity contribution is 0.626. The average Bonchev–Trinajstić information content (AvgIpc) is 2.81. The Kier molecular flexibility index (Phi) is 4.83. The largest absolute Gasteiger partial charge is 0.302 e. The first-order valence-corrected chi connectivity index (χ1v) is 7.31. The first-order valence-electron chi connectivity index (χ1n) is 5.95. The molecule has 1 heterocycles. The summed E-state index contributed by atoms with van der Waals surface area (Å²) in [6.45, 7) is 2.93. The Labute approximate surface area is 121 Å². The summed E-state index contributed by atoms with van der Waals surface area (Å²) in [4.78, 5) is 0. The van der Waals surface area contributed by atoms with Gasteiger partial charge in [0.25, 0.3) is 0 Å². The lowest BCUT2D eigenvalue weighted by Crippen LogP contribution is -2.01. The van der Waals surface area contributed by atoms with Gasteiger partial charge in [-0.15, -0.1) is 10.2 Å². The lowest BCUT2D eigenvalue weighted by atomic mass is 10.2. The quantitative estimate of drug-likeness (QED) is 0.790. The van der Waals surface area contributed by atoms with E-state index in [1.54, 1.807) is 0 Å². The van der Waals surface area contributed by atoms with E-state index >= 15 is 0 Å². The van der Waals surface area contributed by atoms with Gasteiger partial charge in [0.05, 0.1) is 11.8 Å². The van der Waals surface area contributed by atoms with Crippen molar-refractivity contribution in [3.8, 4) is 17.5 Å². The molecule has 98 valence electrons. The molecule has 0 spiro atoms. The maximum Gasteiger partial charge on any atom is 0.192 e. The summed E-state index contributed by atoms with van der Waals surface area (Å²) in [6.07, 6.45) is 0.985. The number of nitrogens with zero attached hydrogens (tertiary/aromatic N) is 4. The number of thioether (sulfide) groups is 1. The zero-order valence-corrected chi connectivity index (χ0v) is 12.1. The normalized spacial score (nSPS) is 10.4. The van der Waals surface area contributed by atoms with Crippen molar-refractivity contribution in [2.45, 2.75) is 25.0 Å². The van der Waals surface area contributed by atoms with E-state index < -0.39 is 0 Å². The summed E-state index contributed by atoms with van der Waals surface area (Å²) < 4.78 is 2.05. The number of halogens is 1. The van der Waals surface area contributed by atoms with Crippen molar-refractivity contribution in [1.29, 1.82) is 5.26 Å². The molecule has 0 aliphatic heterocycles. The molecular formula is C13H13ClN4S. The van der Waals surface area contributed by atoms with E-state index in [9.17, 15) is 0 Å². The first kappa shape index (κ1) is 13.9. The Hall–Kier alpha value is -1.51. The summed E-state index contributed by atoms with van der Waals surface area (Å²) in [5.41, 5.74) is 0.981. The van der Waals surface area contributed by atoms with Gasteiger partial charge in [-0.3, -0.25) is 0 Å². The molecule has 0 bridgehead atoms. The highest BCUT2D eigenvalue weighted by Gasteiger charge is 2.13. The monoisotopic (exact) mass is 292 g/mol. The van der Waals surface area contributed by atoms with Gasteiger partial charge in [0.2, 0.25) is 0 Å². The van der Waals surface area contributed by atoms with E-state index in [0.717, 1.165) is 29.5 Å². The van der Waals surface area contributed by atoms with Crippen molar-refractivity contribution in [3.63, 3.8) is 0 Å². The van der Waals surface area contributed by atoms with Gasteiger partial charge >= 0.3 is 0 Å². The highest BCUT2D eigenvalue weighted by molar-refractivity contribution is 7.99. The summed E-state index contributed by atoms with van der Waals surface area (Å²) in [6, 6.07) is 9.64. The molecule has 0 unspecified atom stereocenters. The van der Waals surface area contributed by atoms with Crippen LogP contribution in [0.1, 0.15) is 13.3 Å². The van der Waals surface area contributed by atoms with Gasteiger partial charge in [-0.1, -0.05) is 30.3 Å². The number of benzene rings is 1. The van der Waals surface area contributed by atoms with Crippen LogP contribution in [-0.4, -0.2) is 20.5 Å². The maximum atomic E-state index is 8.66. The SMILES string of the molecule is CCCn1c(SCC#N)nnc1-c1ccc(Cl)cc1. The standard InChI is InChI=1S/C13H13ClN4S/c1-2-8-18-12(10-3-5-11(14)6-4-10)16-17-13(18)19-9-7-15/h3-6H,2,8-9H2,1H3. The zero-order chi connectivity index (χ0) is 13.7. The smallest absolute Gasteiger partial charge is 0.192 e. The minimum absolute atomic E-state index is 0.377. The molecule has 0 aliphatic carbocycles. The molecule has 0 atom stereocenters. The van der Waals surface area contributed by atoms with E-state index in [1.165, 1.54) is 11.8 Å². The molecule has 2 aromatic rings. The van der Waals surface area contributed by atoms with Gasteiger partial charge in [-0.05, 0) is 30.7 Å². The van der Waals surface area contributed by atoms with Crippen molar-refractivity contribution >= 4 is 23.4 Å². The molecule has 0 aliphatic rings. The van der Waals surface area contributed by atoms with E-state index in [-0.39, 0.29) is 0 Å². The maximum absolute atomic E-state index is 8.66. The molecule has 1 aromatic heterocycles. The lowest BCUT2D eigenvalue weighted by Gasteiger charge is -2.07. The summed E-state index contributed by atoms with van der Waals surface area (Å²) in [5, 5.41) is 18.5. The van der Waals surface area contributed by atoms with Crippen LogP contribution in [0.25, 0.3) is 11.4 Å². The van der Waals surface area contributed by atoms with Gasteiger partial charge in [-0.25, -0.2) is 0 Å². The fourth-order valence-corrected chi connectivity index (χ4v) is 2.48. The second-order valence-electron chi connectivity index (χ2n) is 3.91. The Morgan fingerprint density at radius 2 is 2.05 bits per heavy atom. The van der Waals surface area contributed by atoms with E-state index in [0.29, 0.717) is 10.8 Å². The third-order valence-electron chi connectivity index (χ3n) is 2.53. The van der Waals surface area contributed by atoms with Crippen molar-refractivity contribution in [3.05, 3.63) is 29.3 Å². The molecule has 6 heteroatoms. The molecule has 0 fully saturated rings. The van der Waals surface area contributed by atoms with Gasteiger partial charge < -0.3 is 4.57 Å². The Balaban J connectivity index is 2.37. The molecule has 1 aromatic carbocycles. The highest BCUT2D eigenvalue weighted by Crippen LogP contribution is 2.25. The van der Waals surface area contributed by atoms with Gasteiger partial charge in [0.15, 0.2) is 11.0 Å². The highest BCUT2D eigenvalue weighted by atomic mass is 35.5. The van der Waals surface area contributed by atoms with Crippen molar-refractivity contribution in [1.82, 2.24) is 14.8 Å². The predicted octanol–water partition coefficient (Wildman–Crippen LogP) is 3.62. The predicted molar refractivity (Wildman–Crippen MR) is 77.1 cm³/mol. The number of rotatable bonds is 5. The van der Waals surface area contributed by atoms with Crippen molar-refractivity contribution in [2.24, 2.45) is 0 Å². The number of aromatic nitrogens is 3. The van der Waals surface area contributed by atoms with E-state index in [2.05, 4.69) is 23.2 Å². The molecule has 0 saturated carbocycles. The van der Waals surface area contributed by atoms with E-state index in [4.69, 9.17) is 16.9 Å². The van der Waals surface area contributed by atoms with Gasteiger partial charge in [-0.2, -0.15) is 5.26 Å². The second kappa shape index (κ2) is 6.60. The van der Waals surface area contributed by atoms with E-state index in [1.807, 2.05) is 28.8 Å². The number of hydrogen-bond donors (Lipinski definition) is 0. The Bertz CT molecular complexity index is 586. The average molecular weight is 293 g/mol. The fourth-order valence-electron chi connectivity index (χ4n) is 1.73. The van der Waals surface area contributed by atoms with Crippen LogP contribution in [0.5, 0.6) is 0 Å². The molecule has 0 saturated heterocycles. The Morgan fingerprint density at radius 3 is 2.68 bits per heavy atom. The third-order valence-corrected chi connectivity index (χ3v) is 3.62. The minimum Gasteiger partial charge on any atom is -0.302 e. The minimum atomic E-state index is 0.377. The summed E-state index contributed by atoms with van der Waals surface area (Å²) in [5.74, 6) is 1.20. The van der Waals surface area contributed by atoms with Crippen LogP contribution >= 0.6 is 23.4 Å². The van der Waals surface area contributed by atoms with Crippen molar-refractivity contribution in [2.75, 3.05) is 5.75 Å². The fraction of sp³-hybridized carbons (Fsp3) is 0.308. The summed E-state index contributed by atoms with van der Waals surface area (Å²) >= 11 is 7.30. The number of nitriles is 1. The summed E-state index contributed by atoms with van der Waals surface area (Å²) in [7, 11) is 0. The molecule has 0 N–H and O–H groups in total. The first-order chi connectivity index (χ1) is 9.26.